The predicted molar refractivity (Wildman–Crippen MR) is 47.7 cm³/mol. The minimum Gasteiger partial charge on any atom is -0.282 e. The molecule has 1 aromatic carbocycles. The van der Waals surface area contributed by atoms with E-state index in [0.29, 0.717) is 5.56 Å². The van der Waals surface area contributed by atoms with Gasteiger partial charge in [-0.25, -0.2) is 0 Å². The highest BCUT2D eigenvalue weighted by Crippen LogP contribution is 2.05. The number of carbonyl (C=O) groups excluding carboxylic acids is 1. The van der Waals surface area contributed by atoms with Gasteiger partial charge in [0.15, 0.2) is 0 Å². The Balaban J connectivity index is 3.03. The van der Waals surface area contributed by atoms with Crippen molar-refractivity contribution in [1.82, 2.24) is 0 Å². The molecule has 54 valence electrons. The van der Waals surface area contributed by atoms with Crippen LogP contribution in [-0.2, 0) is 0 Å². The smallest absolute Gasteiger partial charge is 0.216 e. The first-order valence-corrected chi connectivity index (χ1v) is 3.48. The average Bonchev–Trinajstić information content (AvgIpc) is 2.05. The van der Waals surface area contributed by atoms with Crippen LogP contribution in [0.1, 0.15) is 15.9 Å². The summed E-state index contributed by atoms with van der Waals surface area (Å²) in [5, 5.41) is -0.242. The Morgan fingerprint density at radius 2 is 1.91 bits per heavy atom. The van der Waals surface area contributed by atoms with E-state index in [1.54, 1.807) is 24.3 Å². The van der Waals surface area contributed by atoms with E-state index in [9.17, 15) is 4.79 Å². The Labute approximate surface area is 70.8 Å². The fourth-order valence-corrected chi connectivity index (χ4v) is 0.858. The molecule has 0 fully saturated rings. The number of terminal acetylenes is 1. The molecular weight excluding hydrogens is 156 g/mol. The van der Waals surface area contributed by atoms with Gasteiger partial charge in [-0.2, -0.15) is 0 Å². The van der Waals surface area contributed by atoms with Crippen molar-refractivity contribution in [2.45, 2.75) is 0 Å². The van der Waals surface area contributed by atoms with Crippen LogP contribution in [0, 0.1) is 12.3 Å². The Kier molecular flexibility index (Phi) is 2.35. The summed E-state index contributed by atoms with van der Waals surface area (Å²) in [6, 6.07) is 6.74. The van der Waals surface area contributed by atoms with Crippen LogP contribution in [0.25, 0.3) is 0 Å². The van der Waals surface area contributed by atoms with Crippen molar-refractivity contribution in [1.29, 1.82) is 0 Å². The van der Waals surface area contributed by atoms with Gasteiger partial charge in [-0.3, -0.25) is 4.79 Å². The van der Waals surface area contributed by atoms with Gasteiger partial charge in [0.05, 0.1) is 0 Å². The second kappa shape index (κ2) is 3.27. The highest BCUT2D eigenvalue weighted by molar-refractivity contribution is 7.97. The maximum absolute atomic E-state index is 10.7. The van der Waals surface area contributed by atoms with Gasteiger partial charge < -0.3 is 0 Å². The first-order valence-electron chi connectivity index (χ1n) is 3.04. The van der Waals surface area contributed by atoms with Crippen LogP contribution in [-0.4, -0.2) is 5.12 Å². The second-order valence-electron chi connectivity index (χ2n) is 2.03. The van der Waals surface area contributed by atoms with Crippen molar-refractivity contribution >= 4 is 17.7 Å². The Bertz CT molecular complexity index is 305. The number of carbonyl (C=O) groups is 1. The zero-order chi connectivity index (χ0) is 8.27. The van der Waals surface area contributed by atoms with Gasteiger partial charge in [0.2, 0.25) is 5.12 Å². The van der Waals surface area contributed by atoms with Crippen molar-refractivity contribution in [3.05, 3.63) is 35.4 Å². The van der Waals surface area contributed by atoms with Crippen LogP contribution in [0.3, 0.4) is 0 Å². The molecule has 0 amide bonds. The van der Waals surface area contributed by atoms with Gasteiger partial charge in [0.25, 0.3) is 0 Å². The molecule has 11 heavy (non-hydrogen) atoms. The summed E-state index contributed by atoms with van der Waals surface area (Å²) in [5.74, 6) is 2.46. The van der Waals surface area contributed by atoms with Crippen molar-refractivity contribution < 1.29 is 4.79 Å². The SMILES string of the molecule is C#Cc1ccc(C(=O)S)cc1. The van der Waals surface area contributed by atoms with E-state index in [-0.39, 0.29) is 5.12 Å². The lowest BCUT2D eigenvalue weighted by molar-refractivity contribution is 0.109. The van der Waals surface area contributed by atoms with Gasteiger partial charge in [-0.15, -0.1) is 19.1 Å². The third-order valence-corrected chi connectivity index (χ3v) is 1.56. The standard InChI is InChI=1S/C9H6OS/c1-2-7-3-5-8(6-4-7)9(10)11/h1,3-6H,(H,10,11). The minimum absolute atomic E-state index is 0.242. The molecule has 1 nitrogen and oxygen atoms in total. The summed E-state index contributed by atoms with van der Waals surface area (Å²) in [6.45, 7) is 0. The molecule has 1 aromatic rings. The number of thiol groups is 1. The summed E-state index contributed by atoms with van der Waals surface area (Å²) < 4.78 is 0. The second-order valence-corrected chi connectivity index (χ2v) is 2.43. The normalized spacial score (nSPS) is 8.73. The zero-order valence-electron chi connectivity index (χ0n) is 5.74. The molecule has 0 spiro atoms. The first-order chi connectivity index (χ1) is 5.24. The fourth-order valence-electron chi connectivity index (χ4n) is 0.709. The summed E-state index contributed by atoms with van der Waals surface area (Å²) in [7, 11) is 0. The Hall–Kier alpha value is -1.20. The zero-order valence-corrected chi connectivity index (χ0v) is 6.64. The third kappa shape index (κ3) is 1.86. The van der Waals surface area contributed by atoms with Gasteiger partial charge >= 0.3 is 0 Å². The lowest BCUT2D eigenvalue weighted by atomic mass is 10.2. The first kappa shape index (κ1) is 7.90. The summed E-state index contributed by atoms with van der Waals surface area (Å²) in [6.07, 6.45) is 5.12. The van der Waals surface area contributed by atoms with Crippen LogP contribution in [0.15, 0.2) is 24.3 Å². The van der Waals surface area contributed by atoms with E-state index in [1.807, 2.05) is 0 Å². The molecule has 0 heterocycles. The number of hydrogen-bond donors (Lipinski definition) is 1. The van der Waals surface area contributed by atoms with Crippen molar-refractivity contribution in [2.75, 3.05) is 0 Å². The number of benzene rings is 1. The molecule has 0 saturated carbocycles. The minimum atomic E-state index is -0.242. The van der Waals surface area contributed by atoms with E-state index < -0.39 is 0 Å². The van der Waals surface area contributed by atoms with Crippen molar-refractivity contribution in [3.63, 3.8) is 0 Å². The average molecular weight is 162 g/mol. The topological polar surface area (TPSA) is 17.1 Å². The predicted octanol–water partition coefficient (Wildman–Crippen LogP) is 1.74. The fraction of sp³-hybridized carbons (Fsp3) is 0. The molecule has 1 rings (SSSR count). The quantitative estimate of drug-likeness (QED) is 0.491. The van der Waals surface area contributed by atoms with Gasteiger partial charge in [-0.1, -0.05) is 5.92 Å². The van der Waals surface area contributed by atoms with E-state index in [1.165, 1.54) is 0 Å². The highest BCUT2D eigenvalue weighted by Gasteiger charge is 1.97. The monoisotopic (exact) mass is 162 g/mol. The molecule has 0 bridgehead atoms. The van der Waals surface area contributed by atoms with Crippen LogP contribution in [0.2, 0.25) is 0 Å². The van der Waals surface area contributed by atoms with E-state index in [2.05, 4.69) is 18.5 Å². The number of hydrogen-bond acceptors (Lipinski definition) is 1. The summed E-state index contributed by atoms with van der Waals surface area (Å²) in [4.78, 5) is 10.7. The van der Waals surface area contributed by atoms with Gasteiger partial charge in [-0.05, 0) is 24.3 Å². The van der Waals surface area contributed by atoms with Crippen molar-refractivity contribution in [3.8, 4) is 12.3 Å². The van der Waals surface area contributed by atoms with Crippen LogP contribution in [0.5, 0.6) is 0 Å². The largest absolute Gasteiger partial charge is 0.282 e. The lowest BCUT2D eigenvalue weighted by Crippen LogP contribution is -1.87. The Morgan fingerprint density at radius 3 is 2.27 bits per heavy atom. The molecule has 0 saturated heterocycles. The molecule has 2 heteroatoms. The Morgan fingerprint density at radius 1 is 1.36 bits per heavy atom. The van der Waals surface area contributed by atoms with E-state index in [4.69, 9.17) is 6.42 Å². The molecule has 0 aliphatic rings. The van der Waals surface area contributed by atoms with Gasteiger partial charge in [0.1, 0.15) is 0 Å². The molecule has 0 aliphatic heterocycles. The van der Waals surface area contributed by atoms with Crippen LogP contribution >= 0.6 is 12.6 Å². The third-order valence-electron chi connectivity index (χ3n) is 1.30. The van der Waals surface area contributed by atoms with E-state index >= 15 is 0 Å². The molecule has 0 radical (unpaired) electrons. The van der Waals surface area contributed by atoms with Crippen LogP contribution < -0.4 is 0 Å². The molecule has 0 atom stereocenters. The maximum atomic E-state index is 10.7. The maximum Gasteiger partial charge on any atom is 0.216 e. The molecule has 0 aromatic heterocycles. The van der Waals surface area contributed by atoms with Gasteiger partial charge in [0, 0.05) is 11.1 Å². The lowest BCUT2D eigenvalue weighted by Gasteiger charge is -1.92. The summed E-state index contributed by atoms with van der Waals surface area (Å²) >= 11 is 3.66. The molecule has 0 aliphatic carbocycles. The summed E-state index contributed by atoms with van der Waals surface area (Å²) in [5.41, 5.74) is 1.33. The molecule has 0 unspecified atom stereocenters. The number of rotatable bonds is 1. The molecule has 0 N–H and O–H groups in total. The van der Waals surface area contributed by atoms with Crippen LogP contribution in [0.4, 0.5) is 0 Å². The van der Waals surface area contributed by atoms with Crippen molar-refractivity contribution in [2.24, 2.45) is 0 Å². The highest BCUT2D eigenvalue weighted by atomic mass is 32.1. The molecular formula is C9H6OS. The van der Waals surface area contributed by atoms with E-state index in [0.717, 1.165) is 5.56 Å².